The van der Waals surface area contributed by atoms with Crippen LogP contribution in [0.1, 0.15) is 43.4 Å². The Bertz CT molecular complexity index is 309. The van der Waals surface area contributed by atoms with Crippen LogP contribution >= 0.6 is 0 Å². The zero-order chi connectivity index (χ0) is 9.26. The van der Waals surface area contributed by atoms with Crippen molar-refractivity contribution < 1.29 is 4.73 Å². The van der Waals surface area contributed by atoms with Gasteiger partial charge >= 0.3 is 0 Å². The summed E-state index contributed by atoms with van der Waals surface area (Å²) in [6.07, 6.45) is 6.12. The van der Waals surface area contributed by atoms with Gasteiger partial charge in [-0.2, -0.15) is 4.73 Å². The quantitative estimate of drug-likeness (QED) is 0.477. The van der Waals surface area contributed by atoms with E-state index in [1.54, 1.807) is 6.20 Å². The van der Waals surface area contributed by atoms with Gasteiger partial charge < -0.3 is 5.21 Å². The van der Waals surface area contributed by atoms with Gasteiger partial charge in [0, 0.05) is 18.1 Å². The third-order valence-corrected chi connectivity index (χ3v) is 3.00. The first-order valence-electron chi connectivity index (χ1n) is 5.04. The molecule has 1 aliphatic rings. The summed E-state index contributed by atoms with van der Waals surface area (Å²) in [5, 5.41) is 11.4. The highest BCUT2D eigenvalue weighted by molar-refractivity contribution is 5.23. The average Bonchev–Trinajstić information content (AvgIpc) is 2.18. The van der Waals surface area contributed by atoms with E-state index in [0.29, 0.717) is 5.92 Å². The van der Waals surface area contributed by atoms with Crippen molar-refractivity contribution in [2.24, 2.45) is 0 Å². The zero-order valence-corrected chi connectivity index (χ0v) is 7.99. The third-order valence-electron chi connectivity index (χ3n) is 3.00. The van der Waals surface area contributed by atoms with Gasteiger partial charge in [0.2, 0.25) is 0 Å². The standard InChI is InChI=1S/C11H15NO/c1-2-9-5-3-7-11-10(9)6-4-8-12(11)13/h4,6,8-9H,2-3,5,7H2,1H3. The lowest BCUT2D eigenvalue weighted by Crippen LogP contribution is -2.34. The summed E-state index contributed by atoms with van der Waals surface area (Å²) in [6, 6.07) is 3.97. The minimum Gasteiger partial charge on any atom is -0.618 e. The SMILES string of the molecule is CCC1CCCc2c1ccc[n+]2[O-]. The van der Waals surface area contributed by atoms with E-state index in [2.05, 4.69) is 13.0 Å². The van der Waals surface area contributed by atoms with Crippen LogP contribution in [0.2, 0.25) is 0 Å². The van der Waals surface area contributed by atoms with Crippen LogP contribution in [-0.4, -0.2) is 0 Å². The molecule has 70 valence electrons. The summed E-state index contributed by atoms with van der Waals surface area (Å²) in [5.74, 6) is 0.616. The molecule has 2 rings (SSSR count). The first kappa shape index (κ1) is 8.54. The van der Waals surface area contributed by atoms with Crippen LogP contribution in [0, 0.1) is 5.21 Å². The lowest BCUT2D eigenvalue weighted by Gasteiger charge is -2.22. The Balaban J connectivity index is 2.45. The van der Waals surface area contributed by atoms with E-state index in [1.165, 1.54) is 12.0 Å². The van der Waals surface area contributed by atoms with Gasteiger partial charge in [-0.1, -0.05) is 6.92 Å². The monoisotopic (exact) mass is 177 g/mol. The molecule has 0 fully saturated rings. The van der Waals surface area contributed by atoms with E-state index in [1.807, 2.05) is 6.07 Å². The van der Waals surface area contributed by atoms with Gasteiger partial charge in [0.25, 0.3) is 0 Å². The molecule has 0 bridgehead atoms. The highest BCUT2D eigenvalue weighted by atomic mass is 16.5. The first-order valence-corrected chi connectivity index (χ1v) is 5.04. The molecular weight excluding hydrogens is 162 g/mol. The van der Waals surface area contributed by atoms with Crippen molar-refractivity contribution in [3.8, 4) is 0 Å². The molecule has 0 saturated heterocycles. The predicted molar refractivity (Wildman–Crippen MR) is 51.4 cm³/mol. The summed E-state index contributed by atoms with van der Waals surface area (Å²) >= 11 is 0. The number of hydrogen-bond donors (Lipinski definition) is 0. The minimum absolute atomic E-state index is 0.616. The van der Waals surface area contributed by atoms with Crippen molar-refractivity contribution in [1.82, 2.24) is 0 Å². The maximum Gasteiger partial charge on any atom is 0.196 e. The van der Waals surface area contributed by atoms with Crippen LogP contribution in [0.25, 0.3) is 0 Å². The van der Waals surface area contributed by atoms with Crippen molar-refractivity contribution in [2.45, 2.75) is 38.5 Å². The molecule has 0 aromatic carbocycles. The number of nitrogens with zero attached hydrogens (tertiary/aromatic N) is 1. The van der Waals surface area contributed by atoms with Crippen molar-refractivity contribution in [1.29, 1.82) is 0 Å². The fourth-order valence-electron chi connectivity index (χ4n) is 2.26. The average molecular weight is 177 g/mol. The molecule has 2 nitrogen and oxygen atoms in total. The highest BCUT2D eigenvalue weighted by Gasteiger charge is 2.23. The van der Waals surface area contributed by atoms with Gasteiger partial charge in [0.05, 0.1) is 0 Å². The molecule has 0 radical (unpaired) electrons. The molecule has 0 saturated carbocycles. The molecule has 0 N–H and O–H groups in total. The largest absolute Gasteiger partial charge is 0.618 e. The van der Waals surface area contributed by atoms with Crippen LogP contribution < -0.4 is 4.73 Å². The fourth-order valence-corrected chi connectivity index (χ4v) is 2.26. The molecule has 13 heavy (non-hydrogen) atoms. The minimum atomic E-state index is 0.616. The van der Waals surface area contributed by atoms with Gasteiger partial charge in [-0.15, -0.1) is 0 Å². The fraction of sp³-hybridized carbons (Fsp3) is 0.545. The van der Waals surface area contributed by atoms with Crippen LogP contribution in [0.15, 0.2) is 18.3 Å². The maximum absolute atomic E-state index is 11.4. The zero-order valence-electron chi connectivity index (χ0n) is 7.99. The second kappa shape index (κ2) is 3.36. The van der Waals surface area contributed by atoms with Gasteiger partial charge in [-0.05, 0) is 31.2 Å². The molecule has 1 aromatic rings. The van der Waals surface area contributed by atoms with Gasteiger partial charge in [0.15, 0.2) is 11.9 Å². The molecular formula is C11H15NO. The van der Waals surface area contributed by atoms with E-state index in [4.69, 9.17) is 0 Å². The van der Waals surface area contributed by atoms with Crippen molar-refractivity contribution in [2.75, 3.05) is 0 Å². The molecule has 0 spiro atoms. The molecule has 1 heterocycles. The van der Waals surface area contributed by atoms with Crippen LogP contribution in [0.3, 0.4) is 0 Å². The summed E-state index contributed by atoms with van der Waals surface area (Å²) in [5.41, 5.74) is 2.28. The molecule has 1 unspecified atom stereocenters. The maximum atomic E-state index is 11.4. The third kappa shape index (κ3) is 1.41. The number of fused-ring (bicyclic) bond motifs is 1. The van der Waals surface area contributed by atoms with Crippen LogP contribution in [0.5, 0.6) is 0 Å². The molecule has 1 atom stereocenters. The topological polar surface area (TPSA) is 26.9 Å². The summed E-state index contributed by atoms with van der Waals surface area (Å²) in [6.45, 7) is 2.20. The first-order chi connectivity index (χ1) is 6.33. The number of rotatable bonds is 1. The Morgan fingerprint density at radius 1 is 1.62 bits per heavy atom. The van der Waals surface area contributed by atoms with Crippen molar-refractivity contribution in [3.05, 3.63) is 34.8 Å². The second-order valence-corrected chi connectivity index (χ2v) is 3.73. The Hall–Kier alpha value is -1.05. The number of hydrogen-bond acceptors (Lipinski definition) is 1. The summed E-state index contributed by atoms with van der Waals surface area (Å²) < 4.78 is 1.04. The van der Waals surface area contributed by atoms with Crippen molar-refractivity contribution >= 4 is 0 Å². The molecule has 1 aliphatic carbocycles. The van der Waals surface area contributed by atoms with E-state index < -0.39 is 0 Å². The lowest BCUT2D eigenvalue weighted by molar-refractivity contribution is -0.615. The molecule has 0 aliphatic heterocycles. The molecule has 1 aromatic heterocycles. The van der Waals surface area contributed by atoms with Gasteiger partial charge in [-0.25, -0.2) is 0 Å². The summed E-state index contributed by atoms with van der Waals surface area (Å²) in [4.78, 5) is 0. The van der Waals surface area contributed by atoms with E-state index in [0.717, 1.165) is 29.7 Å². The lowest BCUT2D eigenvalue weighted by atomic mass is 9.84. The van der Waals surface area contributed by atoms with E-state index in [-0.39, 0.29) is 0 Å². The number of aromatic nitrogens is 1. The van der Waals surface area contributed by atoms with E-state index >= 15 is 0 Å². The molecule has 2 heteroatoms. The predicted octanol–water partition coefficient (Wildman–Crippen LogP) is 2.15. The van der Waals surface area contributed by atoms with E-state index in [9.17, 15) is 5.21 Å². The Kier molecular flexibility index (Phi) is 2.21. The van der Waals surface area contributed by atoms with Gasteiger partial charge in [-0.3, -0.25) is 0 Å². The highest BCUT2D eigenvalue weighted by Crippen LogP contribution is 2.31. The second-order valence-electron chi connectivity index (χ2n) is 3.73. The Morgan fingerprint density at radius 2 is 2.46 bits per heavy atom. The molecule has 0 amide bonds. The van der Waals surface area contributed by atoms with Crippen LogP contribution in [-0.2, 0) is 6.42 Å². The van der Waals surface area contributed by atoms with Crippen LogP contribution in [0.4, 0.5) is 0 Å². The summed E-state index contributed by atoms with van der Waals surface area (Å²) in [7, 11) is 0. The van der Waals surface area contributed by atoms with Gasteiger partial charge in [0.1, 0.15) is 0 Å². The Labute approximate surface area is 78.8 Å². The van der Waals surface area contributed by atoms with Crippen molar-refractivity contribution in [3.63, 3.8) is 0 Å². The normalized spacial score (nSPS) is 21.2. The Morgan fingerprint density at radius 3 is 3.23 bits per heavy atom. The smallest absolute Gasteiger partial charge is 0.196 e. The number of pyridine rings is 1.